The Bertz CT molecular complexity index is 502. The third-order valence-corrected chi connectivity index (χ3v) is 2.42. The van der Waals surface area contributed by atoms with Gasteiger partial charge in [0.25, 0.3) is 0 Å². The van der Waals surface area contributed by atoms with Crippen LogP contribution in [0.3, 0.4) is 0 Å². The van der Waals surface area contributed by atoms with Crippen LogP contribution in [0.2, 0.25) is 0 Å². The van der Waals surface area contributed by atoms with Crippen LogP contribution in [0.5, 0.6) is 5.75 Å². The normalized spacial score (nSPS) is 10.3. The number of carbonyl (C=O) groups excluding carboxylic acids is 1. The van der Waals surface area contributed by atoms with E-state index in [9.17, 15) is 4.79 Å². The zero-order valence-electron chi connectivity index (χ0n) is 10.1. The highest BCUT2D eigenvalue weighted by Gasteiger charge is 2.16. The molecule has 0 bridgehead atoms. The highest BCUT2D eigenvalue weighted by molar-refractivity contribution is 6.08. The van der Waals surface area contributed by atoms with Gasteiger partial charge < -0.3 is 13.9 Å². The quantitative estimate of drug-likeness (QED) is 0.580. The molecule has 0 aliphatic carbocycles. The fourth-order valence-electron chi connectivity index (χ4n) is 1.56. The van der Waals surface area contributed by atoms with Crippen molar-refractivity contribution in [3.05, 3.63) is 54.0 Å². The van der Waals surface area contributed by atoms with Gasteiger partial charge in [-0.2, -0.15) is 0 Å². The molecule has 4 nitrogen and oxygen atoms in total. The molecular formula is C14H14O4. The first kappa shape index (κ1) is 12.4. The summed E-state index contributed by atoms with van der Waals surface area (Å²) in [6.07, 6.45) is 1.47. The molecule has 0 aliphatic rings. The van der Waals surface area contributed by atoms with Crippen LogP contribution in [-0.2, 0) is 4.74 Å². The first-order chi connectivity index (χ1) is 8.83. The lowest BCUT2D eigenvalue weighted by atomic mass is 10.1. The predicted molar refractivity (Wildman–Crippen MR) is 66.0 cm³/mol. The van der Waals surface area contributed by atoms with E-state index >= 15 is 0 Å². The molecular weight excluding hydrogens is 232 g/mol. The Morgan fingerprint density at radius 3 is 2.72 bits per heavy atom. The summed E-state index contributed by atoms with van der Waals surface area (Å²) in [4.78, 5) is 12.2. The summed E-state index contributed by atoms with van der Waals surface area (Å²) < 4.78 is 15.5. The fourth-order valence-corrected chi connectivity index (χ4v) is 1.56. The molecule has 0 unspecified atom stereocenters. The van der Waals surface area contributed by atoms with Gasteiger partial charge in [0.05, 0.1) is 18.4 Å². The number of ketones is 1. The van der Waals surface area contributed by atoms with Crippen LogP contribution in [-0.4, -0.2) is 26.1 Å². The Balaban J connectivity index is 2.19. The maximum atomic E-state index is 12.2. The predicted octanol–water partition coefficient (Wildman–Crippen LogP) is 2.54. The molecule has 0 amide bonds. The van der Waals surface area contributed by atoms with Gasteiger partial charge in [-0.15, -0.1) is 0 Å². The van der Waals surface area contributed by atoms with Gasteiger partial charge in [-0.3, -0.25) is 4.79 Å². The van der Waals surface area contributed by atoms with E-state index in [0.717, 1.165) is 0 Å². The molecule has 0 fully saturated rings. The number of benzene rings is 1. The minimum Gasteiger partial charge on any atom is -0.490 e. The second-order valence-corrected chi connectivity index (χ2v) is 3.64. The SMILES string of the molecule is COCCOc1ccccc1C(=O)c1ccco1. The van der Waals surface area contributed by atoms with Crippen LogP contribution >= 0.6 is 0 Å². The third kappa shape index (κ3) is 2.78. The van der Waals surface area contributed by atoms with E-state index in [1.807, 2.05) is 6.07 Å². The van der Waals surface area contributed by atoms with E-state index in [2.05, 4.69) is 0 Å². The van der Waals surface area contributed by atoms with E-state index in [0.29, 0.717) is 30.3 Å². The molecule has 1 aromatic carbocycles. The van der Waals surface area contributed by atoms with Gasteiger partial charge in [0.2, 0.25) is 5.78 Å². The Hall–Kier alpha value is -2.07. The lowest BCUT2D eigenvalue weighted by Crippen LogP contribution is -2.08. The van der Waals surface area contributed by atoms with Crippen LogP contribution in [0.25, 0.3) is 0 Å². The molecule has 2 rings (SSSR count). The van der Waals surface area contributed by atoms with E-state index < -0.39 is 0 Å². The second-order valence-electron chi connectivity index (χ2n) is 3.64. The van der Waals surface area contributed by atoms with E-state index in [4.69, 9.17) is 13.9 Å². The highest BCUT2D eigenvalue weighted by atomic mass is 16.5. The molecule has 0 aliphatic heterocycles. The van der Waals surface area contributed by atoms with Gasteiger partial charge in [-0.1, -0.05) is 12.1 Å². The van der Waals surface area contributed by atoms with E-state index in [1.54, 1.807) is 37.4 Å². The number of carbonyl (C=O) groups is 1. The van der Waals surface area contributed by atoms with Crippen LogP contribution in [0, 0.1) is 0 Å². The minimum absolute atomic E-state index is 0.187. The Morgan fingerprint density at radius 2 is 2.00 bits per heavy atom. The summed E-state index contributed by atoms with van der Waals surface area (Å²) in [6, 6.07) is 10.4. The van der Waals surface area contributed by atoms with Crippen LogP contribution in [0.4, 0.5) is 0 Å². The smallest absolute Gasteiger partial charge is 0.231 e. The third-order valence-electron chi connectivity index (χ3n) is 2.42. The molecule has 18 heavy (non-hydrogen) atoms. The van der Waals surface area contributed by atoms with Crippen molar-refractivity contribution in [2.75, 3.05) is 20.3 Å². The first-order valence-corrected chi connectivity index (χ1v) is 5.62. The van der Waals surface area contributed by atoms with Gasteiger partial charge >= 0.3 is 0 Å². The van der Waals surface area contributed by atoms with Crippen LogP contribution < -0.4 is 4.74 Å². The Labute approximate surface area is 105 Å². The zero-order chi connectivity index (χ0) is 12.8. The lowest BCUT2D eigenvalue weighted by Gasteiger charge is -2.09. The second kappa shape index (κ2) is 6.02. The van der Waals surface area contributed by atoms with Crippen LogP contribution in [0.15, 0.2) is 47.1 Å². The van der Waals surface area contributed by atoms with Crippen molar-refractivity contribution in [3.8, 4) is 5.75 Å². The van der Waals surface area contributed by atoms with Gasteiger partial charge in [0.15, 0.2) is 5.76 Å². The average Bonchev–Trinajstić information content (AvgIpc) is 2.93. The van der Waals surface area contributed by atoms with Crippen molar-refractivity contribution in [2.24, 2.45) is 0 Å². The van der Waals surface area contributed by atoms with Crippen molar-refractivity contribution < 1.29 is 18.7 Å². The number of rotatable bonds is 6. The van der Waals surface area contributed by atoms with Crippen molar-refractivity contribution in [3.63, 3.8) is 0 Å². The van der Waals surface area contributed by atoms with Gasteiger partial charge in [-0.05, 0) is 24.3 Å². The van der Waals surface area contributed by atoms with Gasteiger partial charge in [0.1, 0.15) is 12.4 Å². The molecule has 0 atom stereocenters. The fraction of sp³-hybridized carbons (Fsp3) is 0.214. The molecule has 94 valence electrons. The standard InChI is InChI=1S/C14H14O4/c1-16-9-10-18-12-6-3-2-5-11(12)14(15)13-7-4-8-17-13/h2-8H,9-10H2,1H3. The van der Waals surface area contributed by atoms with Crippen LogP contribution in [0.1, 0.15) is 16.1 Å². The summed E-state index contributed by atoms with van der Waals surface area (Å²) in [6.45, 7) is 0.877. The maximum Gasteiger partial charge on any atom is 0.231 e. The van der Waals surface area contributed by atoms with Crippen molar-refractivity contribution in [1.29, 1.82) is 0 Å². The number of hydrogen-bond donors (Lipinski definition) is 0. The maximum absolute atomic E-state index is 12.2. The minimum atomic E-state index is -0.187. The number of methoxy groups -OCH3 is 1. The zero-order valence-corrected chi connectivity index (χ0v) is 10.1. The van der Waals surface area contributed by atoms with Gasteiger partial charge in [0, 0.05) is 7.11 Å². The Morgan fingerprint density at radius 1 is 1.17 bits per heavy atom. The van der Waals surface area contributed by atoms with Gasteiger partial charge in [-0.25, -0.2) is 0 Å². The number of ether oxygens (including phenoxy) is 2. The molecule has 0 saturated heterocycles. The molecule has 0 radical (unpaired) electrons. The molecule has 2 aromatic rings. The molecule has 0 N–H and O–H groups in total. The first-order valence-electron chi connectivity index (χ1n) is 5.62. The average molecular weight is 246 g/mol. The highest BCUT2D eigenvalue weighted by Crippen LogP contribution is 2.21. The largest absolute Gasteiger partial charge is 0.490 e. The number of furan rings is 1. The summed E-state index contributed by atoms with van der Waals surface area (Å²) in [7, 11) is 1.60. The van der Waals surface area contributed by atoms with E-state index in [1.165, 1.54) is 6.26 Å². The molecule has 4 heteroatoms. The monoisotopic (exact) mass is 246 g/mol. The topological polar surface area (TPSA) is 48.7 Å². The molecule has 1 heterocycles. The van der Waals surface area contributed by atoms with Crippen molar-refractivity contribution in [1.82, 2.24) is 0 Å². The molecule has 0 spiro atoms. The van der Waals surface area contributed by atoms with Crippen molar-refractivity contribution >= 4 is 5.78 Å². The van der Waals surface area contributed by atoms with E-state index in [-0.39, 0.29) is 5.78 Å². The number of hydrogen-bond acceptors (Lipinski definition) is 4. The summed E-state index contributed by atoms with van der Waals surface area (Å²) >= 11 is 0. The summed E-state index contributed by atoms with van der Waals surface area (Å²) in [5, 5.41) is 0. The Kier molecular flexibility index (Phi) is 4.15. The lowest BCUT2D eigenvalue weighted by molar-refractivity contribution is 0.100. The number of para-hydroxylation sites is 1. The summed E-state index contributed by atoms with van der Waals surface area (Å²) in [5.74, 6) is 0.654. The van der Waals surface area contributed by atoms with Crippen molar-refractivity contribution in [2.45, 2.75) is 0 Å². The molecule has 1 aromatic heterocycles. The molecule has 0 saturated carbocycles. The summed E-state index contributed by atoms with van der Waals surface area (Å²) in [5.41, 5.74) is 0.489.